The lowest BCUT2D eigenvalue weighted by Gasteiger charge is -2.48. The molecule has 0 saturated carbocycles. The number of thiophene rings is 1. The minimum absolute atomic E-state index is 0.0806. The summed E-state index contributed by atoms with van der Waals surface area (Å²) in [6, 6.07) is 4.75. The van der Waals surface area contributed by atoms with Gasteiger partial charge in [0, 0.05) is 36.8 Å². The van der Waals surface area contributed by atoms with E-state index in [-0.39, 0.29) is 24.4 Å². The Labute approximate surface area is 162 Å². The summed E-state index contributed by atoms with van der Waals surface area (Å²) in [7, 11) is 1.45. The normalized spacial score (nSPS) is 26.1. The Morgan fingerprint density at radius 2 is 2.37 bits per heavy atom. The fraction of sp³-hybridized carbons (Fsp3) is 0.474. The van der Waals surface area contributed by atoms with Gasteiger partial charge in [-0.2, -0.15) is 0 Å². The number of halogens is 1. The van der Waals surface area contributed by atoms with E-state index in [9.17, 15) is 14.3 Å². The minimum atomic E-state index is -1.09. The van der Waals surface area contributed by atoms with Crippen molar-refractivity contribution in [1.29, 1.82) is 0 Å². The summed E-state index contributed by atoms with van der Waals surface area (Å²) in [6.45, 7) is 2.59. The molecule has 3 heterocycles. The number of rotatable bonds is 6. The van der Waals surface area contributed by atoms with Crippen LogP contribution in [0.3, 0.4) is 0 Å². The Hall–Kier alpha value is -1.87. The van der Waals surface area contributed by atoms with Crippen LogP contribution in [-0.2, 0) is 16.1 Å². The Bertz CT molecular complexity index is 769. The summed E-state index contributed by atoms with van der Waals surface area (Å²) in [4.78, 5) is 19.1. The number of hydrogen-bond acceptors (Lipinski definition) is 6. The van der Waals surface area contributed by atoms with Gasteiger partial charge in [0.1, 0.15) is 12.4 Å². The van der Waals surface area contributed by atoms with Gasteiger partial charge in [0.2, 0.25) is 5.91 Å². The number of hydrogen-bond donors (Lipinski definition) is 2. The molecule has 3 atom stereocenters. The molecular formula is C19H24FN3O3S. The monoisotopic (exact) mass is 393 g/mol. The quantitative estimate of drug-likeness (QED) is 0.786. The zero-order valence-electron chi connectivity index (χ0n) is 15.4. The third-order valence-corrected chi connectivity index (χ3v) is 5.88. The third kappa shape index (κ3) is 4.52. The van der Waals surface area contributed by atoms with E-state index in [1.54, 1.807) is 30.5 Å². The topological polar surface area (TPSA) is 74.7 Å². The predicted octanol–water partition coefficient (Wildman–Crippen LogP) is 2.11. The number of carbonyl (C=O) groups excluding carboxylic acids is 1. The summed E-state index contributed by atoms with van der Waals surface area (Å²) in [5.74, 6) is -0.652. The maximum Gasteiger partial charge on any atom is 0.246 e. The highest BCUT2D eigenvalue weighted by molar-refractivity contribution is 7.10. The molecular weight excluding hydrogens is 369 g/mol. The maximum atomic E-state index is 14.2. The van der Waals surface area contributed by atoms with Crippen molar-refractivity contribution in [2.45, 2.75) is 37.6 Å². The van der Waals surface area contributed by atoms with Crippen LogP contribution in [0.25, 0.3) is 0 Å². The lowest BCUT2D eigenvalue weighted by atomic mass is 9.81. The molecule has 0 bridgehead atoms. The van der Waals surface area contributed by atoms with Crippen LogP contribution in [0.5, 0.6) is 0 Å². The van der Waals surface area contributed by atoms with E-state index in [1.165, 1.54) is 13.3 Å². The predicted molar refractivity (Wildman–Crippen MR) is 101 cm³/mol. The van der Waals surface area contributed by atoms with Gasteiger partial charge in [0.25, 0.3) is 0 Å². The van der Waals surface area contributed by atoms with Gasteiger partial charge in [-0.3, -0.25) is 14.7 Å². The van der Waals surface area contributed by atoms with Crippen LogP contribution in [0.4, 0.5) is 4.39 Å². The van der Waals surface area contributed by atoms with E-state index >= 15 is 0 Å². The molecule has 1 fully saturated rings. The average molecular weight is 393 g/mol. The lowest BCUT2D eigenvalue weighted by molar-refractivity contribution is -0.132. The van der Waals surface area contributed by atoms with Crippen molar-refractivity contribution in [3.8, 4) is 0 Å². The number of amides is 1. The summed E-state index contributed by atoms with van der Waals surface area (Å²) in [5.41, 5.74) is -0.555. The number of methoxy groups -OCH3 is 1. The first kappa shape index (κ1) is 19.9. The second kappa shape index (κ2) is 8.43. The van der Waals surface area contributed by atoms with Crippen LogP contribution in [0, 0.1) is 5.82 Å². The van der Waals surface area contributed by atoms with Crippen LogP contribution < -0.4 is 5.32 Å². The first-order valence-corrected chi connectivity index (χ1v) is 9.67. The lowest BCUT2D eigenvalue weighted by Crippen LogP contribution is -2.62. The van der Waals surface area contributed by atoms with Crippen LogP contribution in [0.1, 0.15) is 29.8 Å². The standard InChI is InChI=1S/C19H24FN3O3S/c1-19(25)6-8-23(11-13-5-7-21-10-14(13)20)17(15-4-3-9-27-15)18(19)22-16(24)12-26-2/h3-5,7,9-10,17-18,25H,6,8,11-12H2,1-2H3,(H,22,24). The van der Waals surface area contributed by atoms with Gasteiger partial charge in [-0.15, -0.1) is 11.3 Å². The van der Waals surface area contributed by atoms with E-state index in [4.69, 9.17) is 4.74 Å². The first-order valence-electron chi connectivity index (χ1n) is 8.79. The van der Waals surface area contributed by atoms with Crippen LogP contribution >= 0.6 is 11.3 Å². The number of likely N-dealkylation sites (tertiary alicyclic amines) is 1. The van der Waals surface area contributed by atoms with Crippen molar-refractivity contribution in [3.05, 3.63) is 52.2 Å². The van der Waals surface area contributed by atoms with E-state index in [2.05, 4.69) is 15.2 Å². The van der Waals surface area contributed by atoms with Gasteiger partial charge in [0.05, 0.1) is 23.9 Å². The van der Waals surface area contributed by atoms with Crippen LogP contribution in [0.2, 0.25) is 0 Å². The molecule has 1 aliphatic heterocycles. The zero-order chi connectivity index (χ0) is 19.4. The number of aromatic nitrogens is 1. The number of aliphatic hydroxyl groups is 1. The van der Waals surface area contributed by atoms with E-state index in [1.807, 2.05) is 17.5 Å². The Morgan fingerprint density at radius 3 is 3.04 bits per heavy atom. The number of nitrogens with zero attached hydrogens (tertiary/aromatic N) is 2. The zero-order valence-corrected chi connectivity index (χ0v) is 16.2. The molecule has 2 aromatic heterocycles. The molecule has 6 nitrogen and oxygen atoms in total. The first-order chi connectivity index (χ1) is 12.9. The summed E-state index contributed by atoms with van der Waals surface area (Å²) >= 11 is 1.55. The highest BCUT2D eigenvalue weighted by Crippen LogP contribution is 2.39. The SMILES string of the molecule is COCC(=O)NC1C(c2cccs2)N(Cc2ccncc2F)CCC1(C)O. The average Bonchev–Trinajstić information content (AvgIpc) is 3.14. The van der Waals surface area contributed by atoms with Gasteiger partial charge in [0.15, 0.2) is 0 Å². The number of pyridine rings is 1. The highest BCUT2D eigenvalue weighted by Gasteiger charge is 2.46. The van der Waals surface area contributed by atoms with Crippen molar-refractivity contribution in [2.24, 2.45) is 0 Å². The molecule has 2 aromatic rings. The van der Waals surface area contributed by atoms with Crippen LogP contribution in [-0.4, -0.2) is 52.8 Å². The Morgan fingerprint density at radius 1 is 1.56 bits per heavy atom. The van der Waals surface area contributed by atoms with Crippen LogP contribution in [0.15, 0.2) is 36.0 Å². The molecule has 1 aliphatic rings. The van der Waals surface area contributed by atoms with Crippen molar-refractivity contribution < 1.29 is 19.0 Å². The molecule has 0 aliphatic carbocycles. The molecule has 3 unspecified atom stereocenters. The minimum Gasteiger partial charge on any atom is -0.388 e. The fourth-order valence-electron chi connectivity index (χ4n) is 3.53. The highest BCUT2D eigenvalue weighted by atomic mass is 32.1. The largest absolute Gasteiger partial charge is 0.388 e. The van der Waals surface area contributed by atoms with Gasteiger partial charge < -0.3 is 15.2 Å². The number of ether oxygens (including phenoxy) is 1. The van der Waals surface area contributed by atoms with E-state index in [0.717, 1.165) is 4.88 Å². The van der Waals surface area contributed by atoms with Gasteiger partial charge >= 0.3 is 0 Å². The number of nitrogens with one attached hydrogen (secondary N) is 1. The van der Waals surface area contributed by atoms with Crippen molar-refractivity contribution in [2.75, 3.05) is 20.3 Å². The summed E-state index contributed by atoms with van der Waals surface area (Å²) in [6.07, 6.45) is 3.23. The van der Waals surface area contributed by atoms with Crippen molar-refractivity contribution in [3.63, 3.8) is 0 Å². The van der Waals surface area contributed by atoms with E-state index in [0.29, 0.717) is 25.1 Å². The Kier molecular flexibility index (Phi) is 6.21. The summed E-state index contributed by atoms with van der Waals surface area (Å²) in [5, 5.41) is 15.9. The third-order valence-electron chi connectivity index (χ3n) is 4.94. The molecule has 2 N–H and O–H groups in total. The van der Waals surface area contributed by atoms with Crippen molar-refractivity contribution in [1.82, 2.24) is 15.2 Å². The summed E-state index contributed by atoms with van der Waals surface area (Å²) < 4.78 is 19.1. The molecule has 1 amide bonds. The molecule has 0 spiro atoms. The van der Waals surface area contributed by atoms with Gasteiger partial charge in [-0.1, -0.05) is 6.07 Å². The van der Waals surface area contributed by atoms with Gasteiger partial charge in [-0.25, -0.2) is 4.39 Å². The molecule has 27 heavy (non-hydrogen) atoms. The van der Waals surface area contributed by atoms with E-state index < -0.39 is 11.6 Å². The molecule has 146 valence electrons. The smallest absolute Gasteiger partial charge is 0.246 e. The molecule has 0 radical (unpaired) electrons. The second-order valence-electron chi connectivity index (χ2n) is 6.98. The number of piperidine rings is 1. The number of carbonyl (C=O) groups is 1. The second-order valence-corrected chi connectivity index (χ2v) is 7.96. The molecule has 0 aromatic carbocycles. The van der Waals surface area contributed by atoms with Gasteiger partial charge in [-0.05, 0) is 30.9 Å². The van der Waals surface area contributed by atoms with Crippen molar-refractivity contribution >= 4 is 17.2 Å². The maximum absolute atomic E-state index is 14.2. The molecule has 8 heteroatoms. The molecule has 3 rings (SSSR count). The molecule has 1 saturated heterocycles. The fourth-order valence-corrected chi connectivity index (χ4v) is 4.42. The Balaban J connectivity index is 1.93.